The molecule has 0 bridgehead atoms. The highest BCUT2D eigenvalue weighted by molar-refractivity contribution is 6.07. The number of amides is 3. The Morgan fingerprint density at radius 3 is 1.19 bits per heavy atom. The number of rotatable bonds is 32. The van der Waals surface area contributed by atoms with Crippen molar-refractivity contribution in [2.45, 2.75) is 194 Å². The maximum Gasteiger partial charge on any atom is 0.255 e. The number of benzene rings is 2. The van der Waals surface area contributed by atoms with E-state index in [1.165, 1.54) is 147 Å². The van der Waals surface area contributed by atoms with Crippen LogP contribution in [0.1, 0.15) is 204 Å². The van der Waals surface area contributed by atoms with E-state index in [2.05, 4.69) is 29.8 Å². The number of unbranched alkanes of at least 4 members (excludes halogenated alkanes) is 24. The van der Waals surface area contributed by atoms with E-state index in [-0.39, 0.29) is 34.6 Å². The summed E-state index contributed by atoms with van der Waals surface area (Å²) < 4.78 is 0. The molecule has 0 saturated carbocycles. The zero-order chi connectivity index (χ0) is 38.4. The van der Waals surface area contributed by atoms with Gasteiger partial charge >= 0.3 is 0 Å². The van der Waals surface area contributed by atoms with Crippen molar-refractivity contribution in [2.75, 3.05) is 16.0 Å². The summed E-state index contributed by atoms with van der Waals surface area (Å²) in [5.41, 5.74) is 1.07. The largest absolute Gasteiger partial charge is 0.508 e. The number of nitrogens with one attached hydrogen (secondary N) is 3. The first-order chi connectivity index (χ1) is 25.8. The molecule has 0 aliphatic rings. The molecule has 3 amide bonds. The molecule has 0 atom stereocenters. The van der Waals surface area contributed by atoms with Crippen molar-refractivity contribution in [3.05, 3.63) is 42.0 Å². The van der Waals surface area contributed by atoms with Gasteiger partial charge in [-0.25, -0.2) is 0 Å². The first-order valence-electron chi connectivity index (χ1n) is 21.4. The molecule has 0 aliphatic carbocycles. The molecule has 2 rings (SSSR count). The molecule has 0 aliphatic heterocycles. The summed E-state index contributed by atoms with van der Waals surface area (Å²) >= 11 is 0. The fraction of sp³-hybridized carbons (Fsp3) is 0.667. The second kappa shape index (κ2) is 29.9. The highest BCUT2D eigenvalue weighted by Crippen LogP contribution is 2.29. The molecule has 0 radical (unpaired) electrons. The maximum atomic E-state index is 13.2. The van der Waals surface area contributed by atoms with Gasteiger partial charge in [-0.15, -0.1) is 0 Å². The normalized spacial score (nSPS) is 11.1. The number of phenols is 2. The summed E-state index contributed by atoms with van der Waals surface area (Å²) in [4.78, 5) is 39.0. The zero-order valence-electron chi connectivity index (χ0n) is 33.4. The molecule has 2 aromatic rings. The summed E-state index contributed by atoms with van der Waals surface area (Å²) in [5.74, 6) is -1.12. The average Bonchev–Trinajstić information content (AvgIpc) is 3.13. The number of carbonyl (C=O) groups excluding carboxylic acids is 3. The van der Waals surface area contributed by atoms with Crippen LogP contribution in [0, 0.1) is 0 Å². The fourth-order valence-corrected chi connectivity index (χ4v) is 6.78. The molecule has 0 fully saturated rings. The van der Waals surface area contributed by atoms with E-state index >= 15 is 0 Å². The lowest BCUT2D eigenvalue weighted by Gasteiger charge is -2.13. The zero-order valence-corrected chi connectivity index (χ0v) is 33.4. The number of hydrogen-bond donors (Lipinski definition) is 5. The summed E-state index contributed by atoms with van der Waals surface area (Å²) in [6.07, 6.45) is 32.9. The van der Waals surface area contributed by atoms with Crippen LogP contribution in [0.25, 0.3) is 0 Å². The van der Waals surface area contributed by atoms with E-state index in [0.29, 0.717) is 24.2 Å². The van der Waals surface area contributed by atoms with Gasteiger partial charge in [0.1, 0.15) is 11.5 Å². The molecule has 53 heavy (non-hydrogen) atoms. The van der Waals surface area contributed by atoms with Crippen LogP contribution >= 0.6 is 0 Å². The fourth-order valence-electron chi connectivity index (χ4n) is 6.78. The third-order valence-corrected chi connectivity index (χ3v) is 10.0. The Morgan fingerprint density at radius 1 is 0.453 bits per heavy atom. The van der Waals surface area contributed by atoms with Crippen LogP contribution in [-0.4, -0.2) is 27.9 Å². The summed E-state index contributed by atoms with van der Waals surface area (Å²) in [5, 5.41) is 28.5. The smallest absolute Gasteiger partial charge is 0.255 e. The Hall–Kier alpha value is -3.55. The van der Waals surface area contributed by atoms with Gasteiger partial charge in [0.25, 0.3) is 5.91 Å². The van der Waals surface area contributed by atoms with Crippen molar-refractivity contribution >= 4 is 34.8 Å². The summed E-state index contributed by atoms with van der Waals surface area (Å²) in [6, 6.07) is 8.65. The van der Waals surface area contributed by atoms with Gasteiger partial charge in [-0.3, -0.25) is 14.4 Å². The van der Waals surface area contributed by atoms with Gasteiger partial charge in [-0.05, 0) is 43.2 Å². The van der Waals surface area contributed by atoms with E-state index < -0.39 is 5.91 Å². The van der Waals surface area contributed by atoms with Gasteiger partial charge < -0.3 is 26.2 Å². The quantitative estimate of drug-likeness (QED) is 0.0290. The Labute approximate surface area is 321 Å². The number of hydrogen-bond acceptors (Lipinski definition) is 5. The van der Waals surface area contributed by atoms with E-state index in [4.69, 9.17) is 0 Å². The van der Waals surface area contributed by atoms with E-state index in [1.807, 2.05) is 0 Å². The van der Waals surface area contributed by atoms with Crippen molar-refractivity contribution in [1.82, 2.24) is 0 Å². The van der Waals surface area contributed by atoms with Crippen molar-refractivity contribution < 1.29 is 24.6 Å². The predicted molar refractivity (Wildman–Crippen MR) is 222 cm³/mol. The summed E-state index contributed by atoms with van der Waals surface area (Å²) in [6.45, 7) is 4.51. The molecule has 8 nitrogen and oxygen atoms in total. The monoisotopic (exact) mass is 736 g/mol. The van der Waals surface area contributed by atoms with Crippen LogP contribution in [0.3, 0.4) is 0 Å². The minimum atomic E-state index is -0.550. The lowest BCUT2D eigenvalue weighted by molar-refractivity contribution is -0.117. The van der Waals surface area contributed by atoms with Crippen molar-refractivity contribution in [2.24, 2.45) is 0 Å². The standard InChI is InChI=1S/C45H73N3O5/c1-3-5-7-9-11-13-15-17-19-21-23-25-27-29-43(51)46-38-33-37(45(53)48-41-36-40(49)31-32-42(41)50)34-39(35-38)47-44(52)30-28-26-24-22-20-18-16-14-12-10-8-6-4-2/h31-36,49-50H,3-30H2,1-2H3,(H,46,51)(H,47,52)(H,48,53). The van der Waals surface area contributed by atoms with Crippen molar-refractivity contribution in [1.29, 1.82) is 0 Å². The van der Waals surface area contributed by atoms with Crippen LogP contribution in [0.15, 0.2) is 36.4 Å². The molecule has 0 unspecified atom stereocenters. The third-order valence-electron chi connectivity index (χ3n) is 10.0. The topological polar surface area (TPSA) is 128 Å². The molecule has 5 N–H and O–H groups in total. The minimum Gasteiger partial charge on any atom is -0.508 e. The SMILES string of the molecule is CCCCCCCCCCCCCCCC(=O)Nc1cc(NC(=O)CCCCCCCCCCCCCCC)cc(C(=O)Nc2cc(O)ccc2O)c1. The van der Waals surface area contributed by atoms with Gasteiger partial charge in [-0.2, -0.15) is 0 Å². The lowest BCUT2D eigenvalue weighted by atomic mass is 10.0. The molecule has 2 aromatic carbocycles. The van der Waals surface area contributed by atoms with Crippen LogP contribution in [-0.2, 0) is 9.59 Å². The van der Waals surface area contributed by atoms with Gasteiger partial charge in [0.15, 0.2) is 0 Å². The first-order valence-corrected chi connectivity index (χ1v) is 21.4. The van der Waals surface area contributed by atoms with Crippen molar-refractivity contribution in [3.63, 3.8) is 0 Å². The molecule has 0 aromatic heterocycles. The number of aromatic hydroxyl groups is 2. The number of anilines is 3. The number of carbonyl (C=O) groups is 3. The molecular formula is C45H73N3O5. The third kappa shape index (κ3) is 23.0. The van der Waals surface area contributed by atoms with Crippen LogP contribution in [0.5, 0.6) is 11.5 Å². The summed E-state index contributed by atoms with van der Waals surface area (Å²) in [7, 11) is 0. The molecule has 0 saturated heterocycles. The highest BCUT2D eigenvalue weighted by atomic mass is 16.3. The van der Waals surface area contributed by atoms with Gasteiger partial charge in [0.05, 0.1) is 5.69 Å². The second-order valence-corrected chi connectivity index (χ2v) is 15.0. The highest BCUT2D eigenvalue weighted by Gasteiger charge is 2.15. The Kier molecular flexibility index (Phi) is 25.7. The van der Waals surface area contributed by atoms with Gasteiger partial charge in [0.2, 0.25) is 11.8 Å². The van der Waals surface area contributed by atoms with Crippen LogP contribution in [0.4, 0.5) is 17.1 Å². The second-order valence-electron chi connectivity index (χ2n) is 15.0. The number of phenolic OH excluding ortho intramolecular Hbond substituents is 2. The molecule has 0 spiro atoms. The van der Waals surface area contributed by atoms with Crippen molar-refractivity contribution in [3.8, 4) is 11.5 Å². The van der Waals surface area contributed by atoms with Crippen LogP contribution < -0.4 is 16.0 Å². The van der Waals surface area contributed by atoms with E-state index in [1.54, 1.807) is 18.2 Å². The Balaban J connectivity index is 1.80. The Morgan fingerprint density at radius 2 is 0.811 bits per heavy atom. The van der Waals surface area contributed by atoms with E-state index in [0.717, 1.165) is 38.5 Å². The molecule has 0 heterocycles. The Bertz CT molecular complexity index is 1230. The van der Waals surface area contributed by atoms with Gasteiger partial charge in [-0.1, -0.05) is 168 Å². The average molecular weight is 736 g/mol. The van der Waals surface area contributed by atoms with Gasteiger partial charge in [0, 0.05) is 35.8 Å². The molecule has 298 valence electrons. The van der Waals surface area contributed by atoms with E-state index in [9.17, 15) is 24.6 Å². The first kappa shape index (κ1) is 45.6. The molecular weight excluding hydrogens is 663 g/mol. The minimum absolute atomic E-state index is 0.0554. The lowest BCUT2D eigenvalue weighted by Crippen LogP contribution is -2.17. The van der Waals surface area contributed by atoms with Crippen LogP contribution in [0.2, 0.25) is 0 Å². The predicted octanol–water partition coefficient (Wildman–Crippen LogP) is 13.2. The maximum absolute atomic E-state index is 13.2. The molecule has 8 heteroatoms.